The van der Waals surface area contributed by atoms with Crippen molar-refractivity contribution in [2.45, 2.75) is 33.9 Å². The fourth-order valence-electron chi connectivity index (χ4n) is 4.08. The number of nitrogens with zero attached hydrogens (tertiary/aromatic N) is 6. The van der Waals surface area contributed by atoms with Gasteiger partial charge in [0, 0.05) is 39.3 Å². The molecule has 0 radical (unpaired) electrons. The average Bonchev–Trinajstić information content (AvgIpc) is 3.17. The molecule has 166 valence electrons. The third kappa shape index (κ3) is 4.47. The second-order valence-corrected chi connectivity index (χ2v) is 8.57. The summed E-state index contributed by atoms with van der Waals surface area (Å²) >= 11 is 0. The first-order valence-corrected chi connectivity index (χ1v) is 11.0. The molecule has 0 saturated carbocycles. The van der Waals surface area contributed by atoms with Crippen molar-refractivity contribution in [3.05, 3.63) is 40.4 Å². The molecule has 1 aliphatic heterocycles. The largest absolute Gasteiger partial charge is 0.355 e. The van der Waals surface area contributed by atoms with E-state index in [0.29, 0.717) is 36.7 Å². The van der Waals surface area contributed by atoms with Gasteiger partial charge in [0.25, 0.3) is 5.56 Å². The SMILES string of the molecule is CCn1c(=O)c2ccccc2n2c(CN3CCN(CC(=O)NCC(C)C)CC3)nnc12. The number of aryl methyl sites for hydroxylation is 1. The molecule has 31 heavy (non-hydrogen) atoms. The minimum atomic E-state index is -0.0334. The molecule has 9 nitrogen and oxygen atoms in total. The van der Waals surface area contributed by atoms with E-state index in [1.54, 1.807) is 4.57 Å². The van der Waals surface area contributed by atoms with Gasteiger partial charge in [0.1, 0.15) is 0 Å². The summed E-state index contributed by atoms with van der Waals surface area (Å²) in [5.74, 6) is 1.96. The van der Waals surface area contributed by atoms with Crippen LogP contribution in [0.5, 0.6) is 0 Å². The molecule has 3 heterocycles. The van der Waals surface area contributed by atoms with Crippen molar-refractivity contribution in [2.24, 2.45) is 5.92 Å². The number of carbonyl (C=O) groups is 1. The van der Waals surface area contributed by atoms with Crippen LogP contribution in [0, 0.1) is 5.92 Å². The number of hydrogen-bond donors (Lipinski definition) is 1. The molecule has 9 heteroatoms. The highest BCUT2D eigenvalue weighted by Crippen LogP contribution is 2.16. The Kier molecular flexibility index (Phi) is 6.33. The van der Waals surface area contributed by atoms with Crippen molar-refractivity contribution in [2.75, 3.05) is 39.3 Å². The molecule has 0 aliphatic carbocycles. The Morgan fingerprint density at radius 2 is 1.81 bits per heavy atom. The summed E-state index contributed by atoms with van der Waals surface area (Å²) in [5, 5.41) is 12.4. The Morgan fingerprint density at radius 3 is 2.52 bits per heavy atom. The topological polar surface area (TPSA) is 87.8 Å². The molecule has 1 aromatic carbocycles. The molecule has 1 saturated heterocycles. The fraction of sp³-hybridized carbons (Fsp3) is 0.545. The van der Waals surface area contributed by atoms with Gasteiger partial charge < -0.3 is 5.32 Å². The van der Waals surface area contributed by atoms with Gasteiger partial charge in [-0.1, -0.05) is 26.0 Å². The number of benzene rings is 1. The molecule has 1 aliphatic rings. The summed E-state index contributed by atoms with van der Waals surface area (Å²) in [6, 6.07) is 7.63. The molecule has 0 unspecified atom stereocenters. The lowest BCUT2D eigenvalue weighted by Gasteiger charge is -2.33. The lowest BCUT2D eigenvalue weighted by atomic mass is 10.2. The molecular formula is C22H31N7O2. The lowest BCUT2D eigenvalue weighted by molar-refractivity contribution is -0.122. The zero-order chi connectivity index (χ0) is 22.0. The first kappa shape index (κ1) is 21.5. The van der Waals surface area contributed by atoms with Crippen LogP contribution in [0.3, 0.4) is 0 Å². The molecule has 0 bridgehead atoms. The molecule has 0 atom stereocenters. The molecule has 4 rings (SSSR count). The van der Waals surface area contributed by atoms with Gasteiger partial charge in [-0.3, -0.25) is 28.4 Å². The zero-order valence-electron chi connectivity index (χ0n) is 18.5. The normalized spacial score (nSPS) is 15.9. The number of fused-ring (bicyclic) bond motifs is 3. The standard InChI is InChI=1S/C22H31N7O2/c1-4-28-21(31)17-7-5-6-8-18(17)29-19(24-25-22(28)29)14-26-9-11-27(12-10-26)15-20(30)23-13-16(2)3/h5-8,16H,4,9-15H2,1-3H3,(H,23,30). The van der Waals surface area contributed by atoms with Crippen molar-refractivity contribution in [3.63, 3.8) is 0 Å². The minimum absolute atomic E-state index is 0.0334. The van der Waals surface area contributed by atoms with Crippen molar-refractivity contribution < 1.29 is 4.79 Å². The quantitative estimate of drug-likeness (QED) is 0.607. The highest BCUT2D eigenvalue weighted by molar-refractivity contribution is 5.80. The molecule has 1 amide bonds. The molecule has 2 aromatic heterocycles. The van der Waals surface area contributed by atoms with Gasteiger partial charge in [-0.25, -0.2) is 0 Å². The van der Waals surface area contributed by atoms with Crippen LogP contribution in [0.4, 0.5) is 0 Å². The maximum atomic E-state index is 12.8. The van der Waals surface area contributed by atoms with Crippen LogP contribution in [0.25, 0.3) is 16.7 Å². The first-order chi connectivity index (χ1) is 15.0. The van der Waals surface area contributed by atoms with Gasteiger partial charge in [0.15, 0.2) is 5.82 Å². The number of para-hydroxylation sites is 1. The number of piperazine rings is 1. The fourth-order valence-corrected chi connectivity index (χ4v) is 4.08. The average molecular weight is 426 g/mol. The third-order valence-corrected chi connectivity index (χ3v) is 5.80. The van der Waals surface area contributed by atoms with Crippen LogP contribution in [-0.4, -0.2) is 74.1 Å². The van der Waals surface area contributed by atoms with Crippen LogP contribution in [0.1, 0.15) is 26.6 Å². The van der Waals surface area contributed by atoms with Gasteiger partial charge in [0.2, 0.25) is 11.7 Å². The summed E-state index contributed by atoms with van der Waals surface area (Å²) in [6.45, 7) is 11.9. The first-order valence-electron chi connectivity index (χ1n) is 11.0. The molecule has 1 N–H and O–H groups in total. The number of hydrogen-bond acceptors (Lipinski definition) is 6. The van der Waals surface area contributed by atoms with Crippen molar-refractivity contribution in [1.29, 1.82) is 0 Å². The van der Waals surface area contributed by atoms with Crippen LogP contribution in [0.2, 0.25) is 0 Å². The van der Waals surface area contributed by atoms with E-state index in [1.165, 1.54) is 0 Å². The molecular weight excluding hydrogens is 394 g/mol. The lowest BCUT2D eigenvalue weighted by Crippen LogP contribution is -2.49. The highest BCUT2D eigenvalue weighted by Gasteiger charge is 2.22. The van der Waals surface area contributed by atoms with Gasteiger partial charge in [0.05, 0.1) is 24.0 Å². The Labute approximate surface area is 181 Å². The number of carbonyl (C=O) groups excluding carboxylic acids is 1. The Bertz CT molecular complexity index is 1130. The van der Waals surface area contributed by atoms with Crippen LogP contribution >= 0.6 is 0 Å². The Hall–Kier alpha value is -2.78. The maximum Gasteiger partial charge on any atom is 0.262 e. The summed E-state index contributed by atoms with van der Waals surface area (Å²) < 4.78 is 3.68. The van der Waals surface area contributed by atoms with Crippen LogP contribution in [0.15, 0.2) is 29.1 Å². The number of nitrogens with one attached hydrogen (secondary N) is 1. The number of amides is 1. The van der Waals surface area contributed by atoms with E-state index in [1.807, 2.05) is 35.6 Å². The van der Waals surface area contributed by atoms with E-state index in [4.69, 9.17) is 0 Å². The predicted molar refractivity (Wildman–Crippen MR) is 120 cm³/mol. The summed E-state index contributed by atoms with van der Waals surface area (Å²) in [5.41, 5.74) is 0.807. The Balaban J connectivity index is 1.48. The van der Waals surface area contributed by atoms with E-state index in [9.17, 15) is 9.59 Å². The van der Waals surface area contributed by atoms with Gasteiger partial charge in [-0.2, -0.15) is 0 Å². The van der Waals surface area contributed by atoms with E-state index >= 15 is 0 Å². The highest BCUT2D eigenvalue weighted by atomic mass is 16.2. The van der Waals surface area contributed by atoms with Gasteiger partial charge in [-0.15, -0.1) is 10.2 Å². The Morgan fingerprint density at radius 1 is 1.10 bits per heavy atom. The van der Waals surface area contributed by atoms with Crippen molar-refractivity contribution >= 4 is 22.6 Å². The minimum Gasteiger partial charge on any atom is -0.355 e. The maximum absolute atomic E-state index is 12.8. The third-order valence-electron chi connectivity index (χ3n) is 5.80. The van der Waals surface area contributed by atoms with E-state index < -0.39 is 0 Å². The van der Waals surface area contributed by atoms with Crippen molar-refractivity contribution in [3.8, 4) is 0 Å². The second kappa shape index (κ2) is 9.15. The van der Waals surface area contributed by atoms with E-state index in [0.717, 1.165) is 44.1 Å². The van der Waals surface area contributed by atoms with Crippen LogP contribution in [-0.2, 0) is 17.9 Å². The zero-order valence-corrected chi connectivity index (χ0v) is 18.5. The molecule has 3 aromatic rings. The van der Waals surface area contributed by atoms with Crippen LogP contribution < -0.4 is 10.9 Å². The van der Waals surface area contributed by atoms with Gasteiger partial charge in [-0.05, 0) is 25.0 Å². The summed E-state index contributed by atoms with van der Waals surface area (Å²) in [4.78, 5) is 29.4. The smallest absolute Gasteiger partial charge is 0.262 e. The summed E-state index contributed by atoms with van der Waals surface area (Å²) in [7, 11) is 0. The summed E-state index contributed by atoms with van der Waals surface area (Å²) in [6.07, 6.45) is 0. The predicted octanol–water partition coefficient (Wildman–Crippen LogP) is 0.954. The molecule has 0 spiro atoms. The van der Waals surface area contributed by atoms with Gasteiger partial charge >= 0.3 is 0 Å². The van der Waals surface area contributed by atoms with Crippen molar-refractivity contribution in [1.82, 2.24) is 34.3 Å². The number of aromatic nitrogens is 4. The second-order valence-electron chi connectivity index (χ2n) is 8.57. The van der Waals surface area contributed by atoms with E-state index in [-0.39, 0.29) is 11.5 Å². The molecule has 1 fully saturated rings. The monoisotopic (exact) mass is 425 g/mol. The van der Waals surface area contributed by atoms with E-state index in [2.05, 4.69) is 39.2 Å². The number of rotatable bonds is 7.